The van der Waals surface area contributed by atoms with E-state index in [1.165, 1.54) is 0 Å². The van der Waals surface area contributed by atoms with Crippen molar-refractivity contribution in [2.75, 3.05) is 18.8 Å². The van der Waals surface area contributed by atoms with Gasteiger partial charge in [-0.25, -0.2) is 9.78 Å². The Morgan fingerprint density at radius 2 is 2.17 bits per heavy atom. The van der Waals surface area contributed by atoms with Gasteiger partial charge >= 0.3 is 6.09 Å². The van der Waals surface area contributed by atoms with Crippen molar-refractivity contribution >= 4 is 28.4 Å². The van der Waals surface area contributed by atoms with Gasteiger partial charge in [0, 0.05) is 24.7 Å². The van der Waals surface area contributed by atoms with Crippen LogP contribution in [0, 0.1) is 0 Å². The van der Waals surface area contributed by atoms with Crippen molar-refractivity contribution in [2.45, 2.75) is 32.8 Å². The van der Waals surface area contributed by atoms with E-state index in [2.05, 4.69) is 9.97 Å². The van der Waals surface area contributed by atoms with Crippen LogP contribution >= 0.6 is 0 Å². The molecule has 0 atom stereocenters. The lowest BCUT2D eigenvalue weighted by molar-refractivity contribution is 0.0270. The number of nitrogens with two attached hydrogens (primary N) is 1. The second kappa shape index (κ2) is 6.11. The number of anilines is 1. The number of hydrogen-bond donors (Lipinski definition) is 1. The molecule has 0 radical (unpaired) electrons. The maximum Gasteiger partial charge on any atom is 0.410 e. The molecule has 6 nitrogen and oxygen atoms in total. The lowest BCUT2D eigenvalue weighted by atomic mass is 10.0. The Balaban J connectivity index is 1.85. The van der Waals surface area contributed by atoms with Crippen molar-refractivity contribution in [1.29, 1.82) is 0 Å². The van der Waals surface area contributed by atoms with Crippen molar-refractivity contribution in [3.63, 3.8) is 0 Å². The second-order valence-electron chi connectivity index (χ2n) is 6.88. The fourth-order valence-electron chi connectivity index (χ4n) is 2.71. The summed E-state index contributed by atoms with van der Waals surface area (Å²) in [5.74, 6) is 0.473. The first-order valence-corrected chi connectivity index (χ1v) is 8.02. The Kier molecular flexibility index (Phi) is 4.13. The van der Waals surface area contributed by atoms with E-state index in [4.69, 9.17) is 10.5 Å². The van der Waals surface area contributed by atoms with Gasteiger partial charge in [0.25, 0.3) is 0 Å². The molecule has 1 aliphatic rings. The first kappa shape index (κ1) is 16.2. The first-order chi connectivity index (χ1) is 11.3. The molecule has 0 spiro atoms. The van der Waals surface area contributed by atoms with Gasteiger partial charge in [-0.05, 0) is 44.9 Å². The van der Waals surface area contributed by atoms with Crippen molar-refractivity contribution in [3.8, 4) is 0 Å². The maximum absolute atomic E-state index is 12.1. The number of ether oxygens (including phenoxy) is 1. The molecule has 0 saturated carbocycles. The standard InChI is InChI=1S/C18H22N4O2/c1-18(2,3)24-17(23)22-9-6-12(7-10-22)16-15-13(5-4-8-20-15)11-14(19)21-16/h4-6,8,11H,7,9-10H2,1-3H3,(H2,19,21). The highest BCUT2D eigenvalue weighted by Gasteiger charge is 2.24. The number of amides is 1. The summed E-state index contributed by atoms with van der Waals surface area (Å²) in [7, 11) is 0. The minimum atomic E-state index is -0.489. The van der Waals surface area contributed by atoms with E-state index in [0.717, 1.165) is 22.2 Å². The summed E-state index contributed by atoms with van der Waals surface area (Å²) < 4.78 is 5.42. The normalized spacial score (nSPS) is 15.3. The van der Waals surface area contributed by atoms with Crippen LogP contribution < -0.4 is 5.73 Å². The van der Waals surface area contributed by atoms with Gasteiger partial charge < -0.3 is 15.4 Å². The van der Waals surface area contributed by atoms with Gasteiger partial charge in [0.2, 0.25) is 0 Å². The zero-order valence-corrected chi connectivity index (χ0v) is 14.2. The van der Waals surface area contributed by atoms with Crippen molar-refractivity contribution in [1.82, 2.24) is 14.9 Å². The SMILES string of the molecule is CC(C)(C)OC(=O)N1CC=C(c2nc(N)cc3cccnc23)CC1. The molecule has 24 heavy (non-hydrogen) atoms. The van der Waals surface area contributed by atoms with E-state index in [0.29, 0.717) is 25.3 Å². The molecule has 3 rings (SSSR count). The molecule has 0 bridgehead atoms. The fraction of sp³-hybridized carbons (Fsp3) is 0.389. The Labute approximate surface area is 141 Å². The van der Waals surface area contributed by atoms with Crippen LogP contribution in [0.4, 0.5) is 10.6 Å². The predicted molar refractivity (Wildman–Crippen MR) is 94.4 cm³/mol. The van der Waals surface area contributed by atoms with E-state index >= 15 is 0 Å². The highest BCUT2D eigenvalue weighted by Crippen LogP contribution is 2.28. The van der Waals surface area contributed by atoms with Crippen molar-refractivity contribution < 1.29 is 9.53 Å². The number of fused-ring (bicyclic) bond motifs is 1. The number of carbonyl (C=O) groups excluding carboxylic acids is 1. The van der Waals surface area contributed by atoms with Crippen molar-refractivity contribution in [2.24, 2.45) is 0 Å². The summed E-state index contributed by atoms with van der Waals surface area (Å²) in [4.78, 5) is 22.7. The van der Waals surface area contributed by atoms with Crippen molar-refractivity contribution in [3.05, 3.63) is 36.2 Å². The molecule has 0 saturated heterocycles. The molecular weight excluding hydrogens is 304 g/mol. The van der Waals surface area contributed by atoms with Crippen LogP contribution in [0.25, 0.3) is 16.5 Å². The predicted octanol–water partition coefficient (Wildman–Crippen LogP) is 3.24. The Hall–Kier alpha value is -2.63. The molecule has 0 fully saturated rings. The van der Waals surface area contributed by atoms with Gasteiger partial charge in [-0.1, -0.05) is 12.1 Å². The van der Waals surface area contributed by atoms with Crippen LogP contribution in [0.5, 0.6) is 0 Å². The second-order valence-corrected chi connectivity index (χ2v) is 6.88. The van der Waals surface area contributed by atoms with Gasteiger partial charge in [-0.2, -0.15) is 0 Å². The highest BCUT2D eigenvalue weighted by molar-refractivity contribution is 5.91. The fourth-order valence-corrected chi connectivity index (χ4v) is 2.71. The lowest BCUT2D eigenvalue weighted by Crippen LogP contribution is -2.39. The summed E-state index contributed by atoms with van der Waals surface area (Å²) in [6.07, 6.45) is 4.16. The number of pyridine rings is 2. The third-order valence-electron chi connectivity index (χ3n) is 3.77. The van der Waals surface area contributed by atoms with E-state index < -0.39 is 5.60 Å². The molecule has 2 N–H and O–H groups in total. The summed E-state index contributed by atoms with van der Waals surface area (Å²) in [6.45, 7) is 6.68. The summed E-state index contributed by atoms with van der Waals surface area (Å²) in [5, 5.41) is 0.968. The van der Waals surface area contributed by atoms with E-state index in [1.54, 1.807) is 11.1 Å². The zero-order valence-electron chi connectivity index (χ0n) is 14.2. The molecule has 1 aliphatic heterocycles. The van der Waals surface area contributed by atoms with Crippen LogP contribution in [0.2, 0.25) is 0 Å². The first-order valence-electron chi connectivity index (χ1n) is 8.02. The molecule has 0 aliphatic carbocycles. The summed E-state index contributed by atoms with van der Waals surface area (Å²) >= 11 is 0. The third-order valence-corrected chi connectivity index (χ3v) is 3.77. The smallest absolute Gasteiger partial charge is 0.410 e. The summed E-state index contributed by atoms with van der Waals surface area (Å²) in [5.41, 5.74) is 8.13. The third kappa shape index (κ3) is 3.48. The zero-order chi connectivity index (χ0) is 17.3. The molecule has 6 heteroatoms. The van der Waals surface area contributed by atoms with Crippen LogP contribution in [0.3, 0.4) is 0 Å². The average Bonchev–Trinajstić information content (AvgIpc) is 2.52. The number of hydrogen-bond acceptors (Lipinski definition) is 5. The van der Waals surface area contributed by atoms with Crippen LogP contribution in [-0.4, -0.2) is 39.7 Å². The molecular formula is C18H22N4O2. The van der Waals surface area contributed by atoms with Gasteiger partial charge in [0.05, 0.1) is 11.2 Å². The summed E-state index contributed by atoms with van der Waals surface area (Å²) in [6, 6.07) is 5.67. The average molecular weight is 326 g/mol. The number of aromatic nitrogens is 2. The van der Waals surface area contributed by atoms with E-state index in [1.807, 2.05) is 45.0 Å². The van der Waals surface area contributed by atoms with Crippen LogP contribution in [0.15, 0.2) is 30.5 Å². The largest absolute Gasteiger partial charge is 0.444 e. The molecule has 3 heterocycles. The van der Waals surface area contributed by atoms with Gasteiger partial charge in [0.15, 0.2) is 0 Å². The van der Waals surface area contributed by atoms with Gasteiger partial charge in [0.1, 0.15) is 11.4 Å². The topological polar surface area (TPSA) is 81.3 Å². The monoisotopic (exact) mass is 326 g/mol. The molecule has 126 valence electrons. The lowest BCUT2D eigenvalue weighted by Gasteiger charge is -2.29. The number of carbonyl (C=O) groups is 1. The Morgan fingerprint density at radius 3 is 2.83 bits per heavy atom. The van der Waals surface area contributed by atoms with E-state index in [9.17, 15) is 4.79 Å². The van der Waals surface area contributed by atoms with Gasteiger partial charge in [-0.3, -0.25) is 4.98 Å². The minimum absolute atomic E-state index is 0.290. The Bertz CT molecular complexity index is 808. The number of nitrogens with zero attached hydrogens (tertiary/aromatic N) is 3. The van der Waals surface area contributed by atoms with Crippen LogP contribution in [-0.2, 0) is 4.74 Å². The Morgan fingerprint density at radius 1 is 1.38 bits per heavy atom. The highest BCUT2D eigenvalue weighted by atomic mass is 16.6. The molecule has 0 aromatic carbocycles. The van der Waals surface area contributed by atoms with Gasteiger partial charge in [-0.15, -0.1) is 0 Å². The molecule has 0 unspecified atom stereocenters. The van der Waals surface area contributed by atoms with Crippen LogP contribution in [0.1, 0.15) is 32.9 Å². The minimum Gasteiger partial charge on any atom is -0.444 e. The number of nitrogen functional groups attached to an aromatic ring is 1. The molecule has 2 aromatic rings. The quantitative estimate of drug-likeness (QED) is 0.870. The molecule has 1 amide bonds. The molecule has 2 aromatic heterocycles. The van der Waals surface area contributed by atoms with E-state index in [-0.39, 0.29) is 6.09 Å². The number of rotatable bonds is 1. The maximum atomic E-state index is 12.1.